The van der Waals surface area contributed by atoms with Crippen LogP contribution in [0.5, 0.6) is 0 Å². The number of carbonyl (C=O) groups is 2. The second-order valence-corrected chi connectivity index (χ2v) is 7.82. The SMILES string of the molecule is Cc1cc(C)cc(CSCC(=O)N2CCCC3(CNC(=O)O3)C2)c1. The Labute approximate surface area is 147 Å². The van der Waals surface area contributed by atoms with E-state index in [9.17, 15) is 9.59 Å². The number of hydrogen-bond donors (Lipinski definition) is 1. The molecule has 0 saturated carbocycles. The number of ether oxygens (including phenoxy) is 1. The molecule has 1 aromatic carbocycles. The minimum Gasteiger partial charge on any atom is -0.439 e. The van der Waals surface area contributed by atoms with Crippen molar-refractivity contribution in [2.24, 2.45) is 0 Å². The summed E-state index contributed by atoms with van der Waals surface area (Å²) in [6.45, 7) is 5.95. The number of alkyl carbamates (subject to hydrolysis) is 1. The first-order valence-electron chi connectivity index (χ1n) is 8.35. The minimum absolute atomic E-state index is 0.131. The maximum absolute atomic E-state index is 12.5. The predicted octanol–water partition coefficient (Wildman–Crippen LogP) is 2.64. The molecule has 2 heterocycles. The Balaban J connectivity index is 1.50. The van der Waals surface area contributed by atoms with Crippen molar-refractivity contribution in [2.45, 2.75) is 38.0 Å². The number of thioether (sulfide) groups is 1. The lowest BCUT2D eigenvalue weighted by Gasteiger charge is -2.38. The number of hydrogen-bond acceptors (Lipinski definition) is 4. The van der Waals surface area contributed by atoms with Crippen LogP contribution in [0.1, 0.15) is 29.5 Å². The van der Waals surface area contributed by atoms with Crippen LogP contribution in [0.2, 0.25) is 0 Å². The van der Waals surface area contributed by atoms with E-state index < -0.39 is 5.60 Å². The van der Waals surface area contributed by atoms with Gasteiger partial charge in [-0.05, 0) is 32.3 Å². The number of piperidine rings is 1. The molecule has 1 atom stereocenters. The molecule has 2 saturated heterocycles. The first-order chi connectivity index (χ1) is 11.5. The Morgan fingerprint density at radius 3 is 2.75 bits per heavy atom. The fourth-order valence-electron chi connectivity index (χ4n) is 3.54. The highest BCUT2D eigenvalue weighted by atomic mass is 32.2. The molecule has 2 aliphatic rings. The second kappa shape index (κ2) is 7.05. The summed E-state index contributed by atoms with van der Waals surface area (Å²) in [5.41, 5.74) is 3.26. The molecule has 0 aromatic heterocycles. The van der Waals surface area contributed by atoms with Crippen LogP contribution in [-0.4, -0.2) is 47.9 Å². The van der Waals surface area contributed by atoms with Gasteiger partial charge in [-0.2, -0.15) is 0 Å². The summed E-state index contributed by atoms with van der Waals surface area (Å²) >= 11 is 1.64. The summed E-state index contributed by atoms with van der Waals surface area (Å²) in [6.07, 6.45) is 1.33. The highest BCUT2D eigenvalue weighted by Crippen LogP contribution is 2.28. The van der Waals surface area contributed by atoms with Gasteiger partial charge in [0, 0.05) is 12.3 Å². The molecule has 0 aliphatic carbocycles. The third kappa shape index (κ3) is 4.04. The molecule has 5 nitrogen and oxygen atoms in total. The summed E-state index contributed by atoms with van der Waals surface area (Å²) in [5.74, 6) is 1.43. The predicted molar refractivity (Wildman–Crippen MR) is 95.1 cm³/mol. The van der Waals surface area contributed by atoms with E-state index in [0.29, 0.717) is 18.8 Å². The standard InChI is InChI=1S/C18H24N2O3S/c1-13-6-14(2)8-15(7-13)9-24-10-16(21)20-5-3-4-18(12-20)11-19-17(22)23-18/h6-8H,3-5,9-12H2,1-2H3,(H,19,22). The van der Waals surface area contributed by atoms with Gasteiger partial charge in [-0.1, -0.05) is 29.3 Å². The van der Waals surface area contributed by atoms with Crippen molar-refractivity contribution in [3.05, 3.63) is 34.9 Å². The third-order valence-corrected chi connectivity index (χ3v) is 5.52. The van der Waals surface area contributed by atoms with Crippen molar-refractivity contribution in [1.82, 2.24) is 10.2 Å². The van der Waals surface area contributed by atoms with Crippen LogP contribution >= 0.6 is 11.8 Å². The maximum Gasteiger partial charge on any atom is 0.407 e. The zero-order chi connectivity index (χ0) is 17.2. The largest absolute Gasteiger partial charge is 0.439 e. The maximum atomic E-state index is 12.5. The molecule has 2 amide bonds. The van der Waals surface area contributed by atoms with Crippen LogP contribution in [-0.2, 0) is 15.3 Å². The molecule has 3 rings (SSSR count). The van der Waals surface area contributed by atoms with E-state index >= 15 is 0 Å². The number of nitrogens with one attached hydrogen (secondary N) is 1. The lowest BCUT2D eigenvalue weighted by Crippen LogP contribution is -2.52. The Morgan fingerprint density at radius 1 is 1.33 bits per heavy atom. The van der Waals surface area contributed by atoms with Gasteiger partial charge in [0.1, 0.15) is 5.60 Å². The van der Waals surface area contributed by atoms with Gasteiger partial charge >= 0.3 is 6.09 Å². The molecule has 24 heavy (non-hydrogen) atoms. The van der Waals surface area contributed by atoms with E-state index in [4.69, 9.17) is 4.74 Å². The smallest absolute Gasteiger partial charge is 0.407 e. The van der Waals surface area contributed by atoms with Gasteiger partial charge in [0.25, 0.3) is 0 Å². The van der Waals surface area contributed by atoms with Gasteiger partial charge in [-0.3, -0.25) is 4.79 Å². The summed E-state index contributed by atoms with van der Waals surface area (Å²) in [5, 5.41) is 2.71. The Kier molecular flexibility index (Phi) is 5.04. The van der Waals surface area contributed by atoms with Gasteiger partial charge in [0.2, 0.25) is 5.91 Å². The Bertz CT molecular complexity index is 629. The van der Waals surface area contributed by atoms with Crippen molar-refractivity contribution in [3.8, 4) is 0 Å². The average molecular weight is 348 g/mol. The van der Waals surface area contributed by atoms with Crippen LogP contribution in [0.15, 0.2) is 18.2 Å². The Morgan fingerprint density at radius 2 is 2.08 bits per heavy atom. The summed E-state index contributed by atoms with van der Waals surface area (Å²) in [4.78, 5) is 25.7. The number of rotatable bonds is 4. The molecule has 1 aromatic rings. The number of carbonyl (C=O) groups excluding carboxylic acids is 2. The van der Waals surface area contributed by atoms with Crippen molar-refractivity contribution in [1.29, 1.82) is 0 Å². The van der Waals surface area contributed by atoms with Crippen LogP contribution in [0.3, 0.4) is 0 Å². The number of amides is 2. The van der Waals surface area contributed by atoms with Crippen molar-refractivity contribution in [2.75, 3.05) is 25.4 Å². The number of nitrogens with zero attached hydrogens (tertiary/aromatic N) is 1. The summed E-state index contributed by atoms with van der Waals surface area (Å²) in [6, 6.07) is 6.50. The Hall–Kier alpha value is -1.69. The first kappa shape index (κ1) is 17.1. The fraction of sp³-hybridized carbons (Fsp3) is 0.556. The molecule has 1 unspecified atom stereocenters. The summed E-state index contributed by atoms with van der Waals surface area (Å²) < 4.78 is 5.42. The molecular formula is C18H24N2O3S. The van der Waals surface area contributed by atoms with E-state index in [-0.39, 0.29) is 12.0 Å². The zero-order valence-corrected chi connectivity index (χ0v) is 15.1. The minimum atomic E-state index is -0.511. The van der Waals surface area contributed by atoms with E-state index in [1.165, 1.54) is 16.7 Å². The second-order valence-electron chi connectivity index (χ2n) is 6.83. The van der Waals surface area contributed by atoms with Crippen molar-refractivity contribution < 1.29 is 14.3 Å². The third-order valence-electron chi connectivity index (χ3n) is 4.53. The van der Waals surface area contributed by atoms with Gasteiger partial charge in [0.05, 0.1) is 18.8 Å². The summed E-state index contributed by atoms with van der Waals surface area (Å²) in [7, 11) is 0. The van der Waals surface area contributed by atoms with Crippen LogP contribution in [0.4, 0.5) is 4.79 Å². The highest BCUT2D eigenvalue weighted by Gasteiger charge is 2.44. The molecule has 2 aliphatic heterocycles. The quantitative estimate of drug-likeness (QED) is 0.909. The normalized spacial score (nSPS) is 23.2. The van der Waals surface area contributed by atoms with Crippen LogP contribution in [0.25, 0.3) is 0 Å². The van der Waals surface area contributed by atoms with E-state index in [1.54, 1.807) is 11.8 Å². The van der Waals surface area contributed by atoms with Gasteiger partial charge < -0.3 is 15.0 Å². The van der Waals surface area contributed by atoms with Gasteiger partial charge in [-0.25, -0.2) is 4.79 Å². The molecule has 1 N–H and O–H groups in total. The van der Waals surface area contributed by atoms with E-state index in [0.717, 1.165) is 25.1 Å². The average Bonchev–Trinajstić information content (AvgIpc) is 2.86. The monoisotopic (exact) mass is 348 g/mol. The lowest BCUT2D eigenvalue weighted by molar-refractivity contribution is -0.133. The fourth-order valence-corrected chi connectivity index (χ4v) is 4.40. The van der Waals surface area contributed by atoms with E-state index in [1.807, 2.05) is 4.90 Å². The van der Waals surface area contributed by atoms with Crippen molar-refractivity contribution >= 4 is 23.8 Å². The molecule has 1 spiro atoms. The topological polar surface area (TPSA) is 58.6 Å². The number of aryl methyl sites for hydroxylation is 2. The molecular weight excluding hydrogens is 324 g/mol. The molecule has 6 heteroatoms. The van der Waals surface area contributed by atoms with E-state index in [2.05, 4.69) is 37.4 Å². The molecule has 130 valence electrons. The van der Waals surface area contributed by atoms with Gasteiger partial charge in [0.15, 0.2) is 0 Å². The highest BCUT2D eigenvalue weighted by molar-refractivity contribution is 7.99. The zero-order valence-electron chi connectivity index (χ0n) is 14.3. The molecule has 2 fully saturated rings. The first-order valence-corrected chi connectivity index (χ1v) is 9.51. The van der Waals surface area contributed by atoms with Crippen molar-refractivity contribution in [3.63, 3.8) is 0 Å². The number of likely N-dealkylation sites (tertiary alicyclic amines) is 1. The lowest BCUT2D eigenvalue weighted by atomic mass is 9.93. The number of benzene rings is 1. The van der Waals surface area contributed by atoms with Crippen LogP contribution in [0, 0.1) is 13.8 Å². The van der Waals surface area contributed by atoms with Gasteiger partial charge in [-0.15, -0.1) is 11.8 Å². The van der Waals surface area contributed by atoms with Crippen LogP contribution < -0.4 is 5.32 Å². The molecule has 0 radical (unpaired) electrons. The molecule has 0 bridgehead atoms.